The molecule has 0 radical (unpaired) electrons. The van der Waals surface area contributed by atoms with Crippen molar-refractivity contribution in [2.24, 2.45) is 7.05 Å². The maximum atomic E-state index is 6.17. The van der Waals surface area contributed by atoms with Crippen molar-refractivity contribution in [2.45, 2.75) is 0 Å². The lowest BCUT2D eigenvalue weighted by molar-refractivity contribution is 0.768. The molecule has 0 aliphatic rings. The van der Waals surface area contributed by atoms with Crippen molar-refractivity contribution in [3.63, 3.8) is 0 Å². The van der Waals surface area contributed by atoms with Crippen LogP contribution in [0.3, 0.4) is 0 Å². The molecule has 2 N–H and O–H groups in total. The van der Waals surface area contributed by atoms with E-state index in [1.807, 2.05) is 56.0 Å². The quantitative estimate of drug-likeness (QED) is 0.589. The Morgan fingerprint density at radius 3 is 2.83 bits per heavy atom. The number of aromatic amines is 1. The van der Waals surface area contributed by atoms with Gasteiger partial charge in [0.25, 0.3) is 0 Å². The summed E-state index contributed by atoms with van der Waals surface area (Å²) in [6, 6.07) is 11.6. The van der Waals surface area contributed by atoms with Crippen LogP contribution in [0.2, 0.25) is 5.02 Å². The molecule has 4 rings (SSSR count). The summed E-state index contributed by atoms with van der Waals surface area (Å²) in [5.41, 5.74) is 3.91. The fraction of sp³-hybridized carbons (Fsp3) is 0.0588. The summed E-state index contributed by atoms with van der Waals surface area (Å²) in [5, 5.41) is 9.15. The number of rotatable bonds is 3. The highest BCUT2D eigenvalue weighted by Crippen LogP contribution is 2.27. The predicted molar refractivity (Wildman–Crippen MR) is 93.0 cm³/mol. The zero-order chi connectivity index (χ0) is 15.8. The summed E-state index contributed by atoms with van der Waals surface area (Å²) in [5.74, 6) is 0.741. The van der Waals surface area contributed by atoms with Gasteiger partial charge in [0.1, 0.15) is 5.82 Å². The van der Waals surface area contributed by atoms with Gasteiger partial charge in [0, 0.05) is 42.2 Å². The number of hydrogen-bond donors (Lipinski definition) is 2. The van der Waals surface area contributed by atoms with Crippen LogP contribution in [-0.4, -0.2) is 19.7 Å². The Bertz CT molecular complexity index is 985. The predicted octanol–water partition coefficient (Wildman–Crippen LogP) is 4.36. The molecule has 23 heavy (non-hydrogen) atoms. The number of nitrogens with one attached hydrogen (secondary N) is 2. The summed E-state index contributed by atoms with van der Waals surface area (Å²) in [6.45, 7) is 0. The molecule has 5 nitrogen and oxygen atoms in total. The van der Waals surface area contributed by atoms with E-state index >= 15 is 0 Å². The minimum Gasteiger partial charge on any atom is -0.354 e. The van der Waals surface area contributed by atoms with E-state index in [9.17, 15) is 0 Å². The zero-order valence-corrected chi connectivity index (χ0v) is 13.2. The molecular formula is C17H14ClN5. The molecule has 0 atom stereocenters. The van der Waals surface area contributed by atoms with Crippen molar-refractivity contribution in [3.8, 4) is 11.3 Å². The summed E-state index contributed by atoms with van der Waals surface area (Å²) >= 11 is 6.17. The van der Waals surface area contributed by atoms with E-state index in [-0.39, 0.29) is 0 Å². The number of H-pyrrole nitrogens is 1. The second kappa shape index (κ2) is 5.44. The van der Waals surface area contributed by atoms with Gasteiger partial charge in [-0.15, -0.1) is 0 Å². The molecular weight excluding hydrogens is 310 g/mol. The molecule has 6 heteroatoms. The Kier molecular flexibility index (Phi) is 3.28. The van der Waals surface area contributed by atoms with Gasteiger partial charge in [-0.3, -0.25) is 4.68 Å². The summed E-state index contributed by atoms with van der Waals surface area (Å²) in [7, 11) is 1.90. The van der Waals surface area contributed by atoms with Crippen LogP contribution in [0.1, 0.15) is 0 Å². The molecule has 1 aromatic carbocycles. The number of nitrogens with zero attached hydrogens (tertiary/aromatic N) is 3. The van der Waals surface area contributed by atoms with E-state index in [0.717, 1.165) is 33.7 Å². The van der Waals surface area contributed by atoms with Gasteiger partial charge < -0.3 is 10.3 Å². The van der Waals surface area contributed by atoms with Crippen LogP contribution in [-0.2, 0) is 7.05 Å². The molecule has 0 spiro atoms. The first-order chi connectivity index (χ1) is 11.2. The minimum atomic E-state index is 0.664. The number of halogens is 1. The van der Waals surface area contributed by atoms with E-state index < -0.39 is 0 Å². The third kappa shape index (κ3) is 2.66. The van der Waals surface area contributed by atoms with Crippen LogP contribution in [0, 0.1) is 0 Å². The van der Waals surface area contributed by atoms with E-state index in [0.29, 0.717) is 5.02 Å². The van der Waals surface area contributed by atoms with Crippen molar-refractivity contribution < 1.29 is 0 Å². The standard InChI is InChI=1S/C17H14ClN5/c1-23-10-12(9-20-23)15-6-11-8-19-17(7-16(11)21-15)22-14-5-3-2-4-13(14)18/h2-10,21H,1H3,(H,19,22). The van der Waals surface area contributed by atoms with Gasteiger partial charge in [-0.05, 0) is 18.2 Å². The van der Waals surface area contributed by atoms with E-state index in [2.05, 4.69) is 26.4 Å². The molecule has 4 aromatic rings. The van der Waals surface area contributed by atoms with Crippen molar-refractivity contribution in [3.05, 3.63) is 60.0 Å². The van der Waals surface area contributed by atoms with Gasteiger partial charge in [0.2, 0.25) is 0 Å². The summed E-state index contributed by atoms with van der Waals surface area (Å²) in [4.78, 5) is 7.84. The Hall–Kier alpha value is -2.79. The second-order valence-corrected chi connectivity index (χ2v) is 5.75. The average Bonchev–Trinajstić information content (AvgIpc) is 3.15. The maximum Gasteiger partial charge on any atom is 0.132 e. The van der Waals surface area contributed by atoms with Crippen LogP contribution < -0.4 is 5.32 Å². The first-order valence-electron chi connectivity index (χ1n) is 7.18. The summed E-state index contributed by atoms with van der Waals surface area (Å²) < 4.78 is 1.78. The second-order valence-electron chi connectivity index (χ2n) is 5.35. The fourth-order valence-electron chi connectivity index (χ4n) is 2.51. The van der Waals surface area contributed by atoms with Crippen LogP contribution >= 0.6 is 11.6 Å². The molecule has 0 aliphatic heterocycles. The van der Waals surface area contributed by atoms with Gasteiger partial charge in [-0.25, -0.2) is 4.98 Å². The lowest BCUT2D eigenvalue weighted by Crippen LogP contribution is -1.93. The van der Waals surface area contributed by atoms with E-state index in [1.54, 1.807) is 4.68 Å². The van der Waals surface area contributed by atoms with Crippen LogP contribution in [0.4, 0.5) is 11.5 Å². The third-order valence-electron chi connectivity index (χ3n) is 3.66. The number of pyridine rings is 1. The SMILES string of the molecule is Cn1cc(-c2cc3cnc(Nc4ccccc4Cl)cc3[nH]2)cn1. The Morgan fingerprint density at radius 1 is 1.17 bits per heavy atom. The van der Waals surface area contributed by atoms with E-state index in [1.165, 1.54) is 0 Å². The molecule has 0 saturated carbocycles. The Labute approximate surface area is 137 Å². The van der Waals surface area contributed by atoms with Crippen molar-refractivity contribution in [1.82, 2.24) is 19.7 Å². The molecule has 0 aliphatic carbocycles. The average molecular weight is 324 g/mol. The lowest BCUT2D eigenvalue weighted by Gasteiger charge is -2.07. The fourth-order valence-corrected chi connectivity index (χ4v) is 2.69. The van der Waals surface area contributed by atoms with Gasteiger partial charge in [-0.2, -0.15) is 5.10 Å². The molecule has 3 heterocycles. The van der Waals surface area contributed by atoms with Gasteiger partial charge in [-0.1, -0.05) is 23.7 Å². The molecule has 0 bridgehead atoms. The maximum absolute atomic E-state index is 6.17. The smallest absolute Gasteiger partial charge is 0.132 e. The summed E-state index contributed by atoms with van der Waals surface area (Å²) in [6.07, 6.45) is 5.65. The number of para-hydroxylation sites is 1. The van der Waals surface area contributed by atoms with Crippen molar-refractivity contribution in [2.75, 3.05) is 5.32 Å². The highest BCUT2D eigenvalue weighted by atomic mass is 35.5. The van der Waals surface area contributed by atoms with Gasteiger partial charge in [0.15, 0.2) is 0 Å². The number of aryl methyl sites for hydroxylation is 1. The van der Waals surface area contributed by atoms with Crippen LogP contribution in [0.25, 0.3) is 22.2 Å². The third-order valence-corrected chi connectivity index (χ3v) is 3.99. The first kappa shape index (κ1) is 13.8. The van der Waals surface area contributed by atoms with Crippen LogP contribution in [0.5, 0.6) is 0 Å². The van der Waals surface area contributed by atoms with Gasteiger partial charge >= 0.3 is 0 Å². The Balaban J connectivity index is 1.69. The van der Waals surface area contributed by atoms with Crippen molar-refractivity contribution >= 4 is 34.0 Å². The molecule has 0 saturated heterocycles. The molecule has 3 aromatic heterocycles. The Morgan fingerprint density at radius 2 is 2.04 bits per heavy atom. The van der Waals surface area contributed by atoms with Crippen molar-refractivity contribution in [1.29, 1.82) is 0 Å². The first-order valence-corrected chi connectivity index (χ1v) is 7.56. The monoisotopic (exact) mass is 323 g/mol. The minimum absolute atomic E-state index is 0.664. The molecule has 114 valence electrons. The number of aromatic nitrogens is 4. The zero-order valence-electron chi connectivity index (χ0n) is 12.4. The number of benzene rings is 1. The molecule has 0 unspecified atom stereocenters. The highest BCUT2D eigenvalue weighted by Gasteiger charge is 2.07. The topological polar surface area (TPSA) is 58.5 Å². The highest BCUT2D eigenvalue weighted by molar-refractivity contribution is 6.33. The van der Waals surface area contributed by atoms with E-state index in [4.69, 9.17) is 11.6 Å². The molecule has 0 fully saturated rings. The number of anilines is 2. The molecule has 0 amide bonds. The lowest BCUT2D eigenvalue weighted by atomic mass is 10.2. The largest absolute Gasteiger partial charge is 0.354 e. The van der Waals surface area contributed by atoms with Crippen LogP contribution in [0.15, 0.2) is 55.0 Å². The number of fused-ring (bicyclic) bond motifs is 1. The normalized spacial score (nSPS) is 11.0. The number of hydrogen-bond acceptors (Lipinski definition) is 3. The van der Waals surface area contributed by atoms with Gasteiger partial charge in [0.05, 0.1) is 22.4 Å².